The first kappa shape index (κ1) is 12.0. The largest absolute Gasteiger partial charge is 0.478 e. The molecule has 3 nitrogen and oxygen atoms in total. The highest BCUT2D eigenvalue weighted by atomic mass is 19.1. The van der Waals surface area contributed by atoms with E-state index in [1.807, 2.05) is 0 Å². The molecule has 0 aliphatic heterocycles. The van der Waals surface area contributed by atoms with E-state index in [2.05, 4.69) is 4.98 Å². The molecule has 0 saturated carbocycles. The predicted octanol–water partition coefficient (Wildman–Crippen LogP) is 2.85. The van der Waals surface area contributed by atoms with Crippen LogP contribution in [0.3, 0.4) is 0 Å². The minimum atomic E-state index is -1.11. The maximum Gasteiger partial charge on any atom is 0.336 e. The van der Waals surface area contributed by atoms with Crippen LogP contribution < -0.4 is 0 Å². The fourth-order valence-corrected chi connectivity index (χ4v) is 1.55. The van der Waals surface area contributed by atoms with Gasteiger partial charge in [0.25, 0.3) is 0 Å². The van der Waals surface area contributed by atoms with Gasteiger partial charge >= 0.3 is 5.97 Å². The van der Waals surface area contributed by atoms with Crippen LogP contribution in [0.4, 0.5) is 4.39 Å². The molecule has 0 bridgehead atoms. The van der Waals surface area contributed by atoms with E-state index in [0.29, 0.717) is 11.1 Å². The van der Waals surface area contributed by atoms with Crippen molar-refractivity contribution < 1.29 is 14.3 Å². The van der Waals surface area contributed by atoms with Crippen LogP contribution in [0.5, 0.6) is 0 Å². The maximum atomic E-state index is 13.1. The molecular weight excluding hydrogens is 233 g/mol. The Morgan fingerprint density at radius 1 is 1.28 bits per heavy atom. The quantitative estimate of drug-likeness (QED) is 0.843. The van der Waals surface area contributed by atoms with Crippen LogP contribution >= 0.6 is 0 Å². The molecule has 0 aliphatic carbocycles. The average Bonchev–Trinajstić information content (AvgIpc) is 2.37. The van der Waals surface area contributed by atoms with Crippen molar-refractivity contribution in [2.75, 3.05) is 0 Å². The number of carboxylic acids is 1. The molecule has 0 aliphatic rings. The number of halogens is 1. The standard InChI is InChI=1S/C14H10FNO2/c15-12-5-1-4-11(8-12)13(14(17)18)7-10-3-2-6-16-9-10/h1-9H,(H,17,18)/b13-7+. The molecule has 1 N–H and O–H groups in total. The lowest BCUT2D eigenvalue weighted by atomic mass is 10.0. The Kier molecular flexibility index (Phi) is 3.48. The highest BCUT2D eigenvalue weighted by Crippen LogP contribution is 2.19. The number of aliphatic carboxylic acids is 1. The molecule has 0 fully saturated rings. The van der Waals surface area contributed by atoms with Gasteiger partial charge in [-0.1, -0.05) is 18.2 Å². The normalized spacial score (nSPS) is 11.3. The van der Waals surface area contributed by atoms with Gasteiger partial charge in [0, 0.05) is 12.4 Å². The SMILES string of the molecule is O=C(O)/C(=C/c1cccnc1)c1cccc(F)c1. The number of carbonyl (C=O) groups is 1. The summed E-state index contributed by atoms with van der Waals surface area (Å²) in [5.41, 5.74) is 1.01. The third-order valence-corrected chi connectivity index (χ3v) is 2.36. The zero-order valence-electron chi connectivity index (χ0n) is 9.38. The van der Waals surface area contributed by atoms with Crippen molar-refractivity contribution in [2.24, 2.45) is 0 Å². The van der Waals surface area contributed by atoms with Gasteiger partial charge in [0.2, 0.25) is 0 Å². The minimum absolute atomic E-state index is 0.0301. The summed E-state index contributed by atoms with van der Waals surface area (Å²) >= 11 is 0. The van der Waals surface area contributed by atoms with E-state index in [1.54, 1.807) is 30.6 Å². The van der Waals surface area contributed by atoms with Crippen LogP contribution in [0.25, 0.3) is 11.6 Å². The van der Waals surface area contributed by atoms with Gasteiger partial charge in [-0.25, -0.2) is 9.18 Å². The van der Waals surface area contributed by atoms with Gasteiger partial charge in [0.05, 0.1) is 5.57 Å². The fourth-order valence-electron chi connectivity index (χ4n) is 1.55. The summed E-state index contributed by atoms with van der Waals surface area (Å²) in [7, 11) is 0. The van der Waals surface area contributed by atoms with E-state index in [-0.39, 0.29) is 5.57 Å². The average molecular weight is 243 g/mol. The number of hydrogen-bond acceptors (Lipinski definition) is 2. The Morgan fingerprint density at radius 2 is 2.11 bits per heavy atom. The Balaban J connectivity index is 2.47. The van der Waals surface area contributed by atoms with Gasteiger partial charge < -0.3 is 5.11 Å². The Hall–Kier alpha value is -2.49. The molecule has 1 aromatic heterocycles. The van der Waals surface area contributed by atoms with E-state index >= 15 is 0 Å². The van der Waals surface area contributed by atoms with Crippen molar-refractivity contribution in [3.63, 3.8) is 0 Å². The lowest BCUT2D eigenvalue weighted by molar-refractivity contribution is -0.130. The lowest BCUT2D eigenvalue weighted by Crippen LogP contribution is -2.00. The maximum absolute atomic E-state index is 13.1. The van der Waals surface area contributed by atoms with Crippen molar-refractivity contribution in [3.05, 3.63) is 65.7 Å². The molecule has 0 amide bonds. The van der Waals surface area contributed by atoms with E-state index in [9.17, 15) is 9.18 Å². The van der Waals surface area contributed by atoms with Gasteiger partial charge in [-0.05, 0) is 35.4 Å². The molecule has 90 valence electrons. The molecule has 0 radical (unpaired) electrons. The van der Waals surface area contributed by atoms with Gasteiger partial charge in [0.1, 0.15) is 5.82 Å². The highest BCUT2D eigenvalue weighted by Gasteiger charge is 2.11. The van der Waals surface area contributed by atoms with Crippen LogP contribution in [0.15, 0.2) is 48.8 Å². The summed E-state index contributed by atoms with van der Waals surface area (Å²) in [5, 5.41) is 9.17. The summed E-state index contributed by atoms with van der Waals surface area (Å²) < 4.78 is 13.1. The van der Waals surface area contributed by atoms with Crippen LogP contribution in [0.1, 0.15) is 11.1 Å². The second kappa shape index (κ2) is 5.23. The van der Waals surface area contributed by atoms with Crippen molar-refractivity contribution in [3.8, 4) is 0 Å². The number of benzene rings is 1. The van der Waals surface area contributed by atoms with Crippen molar-refractivity contribution in [1.29, 1.82) is 0 Å². The lowest BCUT2D eigenvalue weighted by Gasteiger charge is -2.03. The number of hydrogen-bond donors (Lipinski definition) is 1. The summed E-state index contributed by atoms with van der Waals surface area (Å²) in [4.78, 5) is 15.1. The fraction of sp³-hybridized carbons (Fsp3) is 0. The van der Waals surface area contributed by atoms with Gasteiger partial charge in [-0.2, -0.15) is 0 Å². The minimum Gasteiger partial charge on any atom is -0.478 e. The van der Waals surface area contributed by atoms with Crippen LogP contribution in [-0.4, -0.2) is 16.1 Å². The summed E-state index contributed by atoms with van der Waals surface area (Å²) in [6, 6.07) is 8.93. The third kappa shape index (κ3) is 2.79. The molecule has 0 atom stereocenters. The Morgan fingerprint density at radius 3 is 2.72 bits per heavy atom. The molecule has 0 unspecified atom stereocenters. The molecule has 1 aromatic carbocycles. The van der Waals surface area contributed by atoms with E-state index < -0.39 is 11.8 Å². The molecule has 4 heteroatoms. The second-order valence-electron chi connectivity index (χ2n) is 3.66. The molecule has 1 heterocycles. The molecule has 0 spiro atoms. The zero-order chi connectivity index (χ0) is 13.0. The van der Waals surface area contributed by atoms with Crippen LogP contribution in [0.2, 0.25) is 0 Å². The Bertz CT molecular complexity index is 594. The van der Waals surface area contributed by atoms with E-state index in [1.165, 1.54) is 24.3 Å². The topological polar surface area (TPSA) is 50.2 Å². The van der Waals surface area contributed by atoms with Crippen molar-refractivity contribution >= 4 is 17.6 Å². The number of carboxylic acid groups (broad SMARTS) is 1. The highest BCUT2D eigenvalue weighted by molar-refractivity contribution is 6.20. The Labute approximate surface area is 103 Å². The van der Waals surface area contributed by atoms with Crippen molar-refractivity contribution in [2.45, 2.75) is 0 Å². The first-order valence-corrected chi connectivity index (χ1v) is 5.28. The summed E-state index contributed by atoms with van der Waals surface area (Å²) in [5.74, 6) is -1.57. The van der Waals surface area contributed by atoms with Gasteiger partial charge in [0.15, 0.2) is 0 Å². The van der Waals surface area contributed by atoms with Gasteiger partial charge in [-0.15, -0.1) is 0 Å². The van der Waals surface area contributed by atoms with Crippen LogP contribution in [0, 0.1) is 5.82 Å². The third-order valence-electron chi connectivity index (χ3n) is 2.36. The molecule has 2 rings (SSSR count). The zero-order valence-corrected chi connectivity index (χ0v) is 9.38. The molecule has 0 saturated heterocycles. The first-order chi connectivity index (χ1) is 8.66. The molecule has 18 heavy (non-hydrogen) atoms. The first-order valence-electron chi connectivity index (χ1n) is 5.28. The second-order valence-corrected chi connectivity index (χ2v) is 3.66. The smallest absolute Gasteiger partial charge is 0.336 e. The van der Waals surface area contributed by atoms with Gasteiger partial charge in [-0.3, -0.25) is 4.98 Å². The molecule has 2 aromatic rings. The molecular formula is C14H10FNO2. The number of aromatic nitrogens is 1. The van der Waals surface area contributed by atoms with Crippen LogP contribution in [-0.2, 0) is 4.79 Å². The van der Waals surface area contributed by atoms with E-state index in [4.69, 9.17) is 5.11 Å². The van der Waals surface area contributed by atoms with E-state index in [0.717, 1.165) is 0 Å². The number of nitrogens with zero attached hydrogens (tertiary/aromatic N) is 1. The predicted molar refractivity (Wildman–Crippen MR) is 66.1 cm³/mol. The monoisotopic (exact) mass is 243 g/mol. The number of pyridine rings is 1. The number of rotatable bonds is 3. The summed E-state index contributed by atoms with van der Waals surface area (Å²) in [6.45, 7) is 0. The van der Waals surface area contributed by atoms with Crippen molar-refractivity contribution in [1.82, 2.24) is 4.98 Å². The summed E-state index contributed by atoms with van der Waals surface area (Å²) in [6.07, 6.45) is 4.60.